The number of amides is 1. The highest BCUT2D eigenvalue weighted by Gasteiger charge is 2.37. The average Bonchev–Trinajstić information content (AvgIpc) is 2.64. The van der Waals surface area contributed by atoms with E-state index in [9.17, 15) is 9.59 Å². The van der Waals surface area contributed by atoms with E-state index in [0.717, 1.165) is 31.5 Å². The largest absolute Gasteiger partial charge is 0.365 e. The van der Waals surface area contributed by atoms with Gasteiger partial charge in [0.1, 0.15) is 5.70 Å². The van der Waals surface area contributed by atoms with Gasteiger partial charge in [-0.1, -0.05) is 24.3 Å². The number of rotatable bonds is 0. The molecule has 0 radical (unpaired) electrons. The van der Waals surface area contributed by atoms with E-state index in [4.69, 9.17) is 0 Å². The third-order valence-electron chi connectivity index (χ3n) is 4.79. The second-order valence-electron chi connectivity index (χ2n) is 6.01. The first-order chi connectivity index (χ1) is 10.2. The predicted octanol–water partition coefficient (Wildman–Crippen LogP) is 2.07. The molecule has 2 aliphatic heterocycles. The van der Waals surface area contributed by atoms with Gasteiger partial charge >= 0.3 is 0 Å². The lowest BCUT2D eigenvalue weighted by Gasteiger charge is -2.40. The molecule has 1 aromatic carbocycles. The number of carbonyl (C=O) groups excluding carboxylic acids is 2. The van der Waals surface area contributed by atoms with E-state index in [1.165, 1.54) is 11.1 Å². The number of nitrogens with zero attached hydrogens (tertiary/aromatic N) is 1. The number of nitrogens with one attached hydrogen (secondary N) is 1. The molecule has 1 atom stereocenters. The van der Waals surface area contributed by atoms with Crippen LogP contribution in [0.5, 0.6) is 0 Å². The summed E-state index contributed by atoms with van der Waals surface area (Å²) in [5, 5.41) is 2.87. The highest BCUT2D eigenvalue weighted by atomic mass is 16.2. The van der Waals surface area contributed by atoms with Crippen LogP contribution in [-0.2, 0) is 16.0 Å². The van der Waals surface area contributed by atoms with Crippen LogP contribution in [-0.4, -0.2) is 23.1 Å². The molecular formula is C17H18N2O2. The first kappa shape index (κ1) is 12.6. The second-order valence-corrected chi connectivity index (χ2v) is 6.01. The van der Waals surface area contributed by atoms with E-state index in [2.05, 4.69) is 28.4 Å². The van der Waals surface area contributed by atoms with Gasteiger partial charge in [0, 0.05) is 18.7 Å². The molecule has 1 N–H and O–H groups in total. The van der Waals surface area contributed by atoms with Gasteiger partial charge in [-0.15, -0.1) is 0 Å². The zero-order valence-electron chi connectivity index (χ0n) is 11.9. The van der Waals surface area contributed by atoms with Crippen molar-refractivity contribution in [1.29, 1.82) is 0 Å². The Hall–Kier alpha value is -2.10. The lowest BCUT2D eigenvalue weighted by molar-refractivity contribution is -0.123. The van der Waals surface area contributed by atoms with Gasteiger partial charge in [0.2, 0.25) is 5.91 Å². The number of Topliss-reactive ketones (excluding diaryl/α,β-unsaturated/α-hetero) is 1. The molecule has 0 aromatic heterocycles. The molecule has 1 amide bonds. The number of carbonyl (C=O) groups is 2. The fourth-order valence-corrected chi connectivity index (χ4v) is 3.82. The molecule has 108 valence electrons. The third-order valence-corrected chi connectivity index (χ3v) is 4.79. The molecule has 4 nitrogen and oxygen atoms in total. The summed E-state index contributed by atoms with van der Waals surface area (Å²) in [4.78, 5) is 26.7. The van der Waals surface area contributed by atoms with E-state index < -0.39 is 0 Å². The number of hydrogen-bond acceptors (Lipinski definition) is 3. The minimum atomic E-state index is -0.0399. The Kier molecular flexibility index (Phi) is 2.84. The average molecular weight is 282 g/mol. The fourth-order valence-electron chi connectivity index (χ4n) is 3.82. The Morgan fingerprint density at radius 1 is 1.10 bits per heavy atom. The number of allylic oxidation sites excluding steroid dienone is 2. The molecule has 0 spiro atoms. The summed E-state index contributed by atoms with van der Waals surface area (Å²) in [7, 11) is 0. The van der Waals surface area contributed by atoms with E-state index in [0.29, 0.717) is 18.5 Å². The van der Waals surface area contributed by atoms with Gasteiger partial charge in [0.05, 0.1) is 12.5 Å². The maximum atomic E-state index is 12.2. The van der Waals surface area contributed by atoms with Crippen LogP contribution < -0.4 is 5.32 Å². The van der Waals surface area contributed by atoms with Crippen molar-refractivity contribution in [2.45, 2.75) is 38.1 Å². The van der Waals surface area contributed by atoms with Crippen molar-refractivity contribution in [2.75, 3.05) is 6.54 Å². The summed E-state index contributed by atoms with van der Waals surface area (Å²) in [6.07, 6.45) is 3.73. The summed E-state index contributed by atoms with van der Waals surface area (Å²) >= 11 is 0. The maximum Gasteiger partial charge on any atom is 0.226 e. The van der Waals surface area contributed by atoms with Gasteiger partial charge in [-0.3, -0.25) is 9.59 Å². The molecule has 0 saturated carbocycles. The third kappa shape index (κ3) is 1.97. The highest BCUT2D eigenvalue weighted by molar-refractivity contribution is 6.00. The maximum absolute atomic E-state index is 12.2. The summed E-state index contributed by atoms with van der Waals surface area (Å²) in [6, 6.07) is 8.44. The van der Waals surface area contributed by atoms with Crippen LogP contribution in [0.1, 0.15) is 42.9 Å². The number of ketones is 1. The normalized spacial score (nSPS) is 24.8. The molecular weight excluding hydrogens is 264 g/mol. The zero-order valence-corrected chi connectivity index (χ0v) is 11.9. The summed E-state index contributed by atoms with van der Waals surface area (Å²) in [5.74, 6) is 0.0473. The Balaban J connectivity index is 1.83. The first-order valence-electron chi connectivity index (χ1n) is 7.64. The van der Waals surface area contributed by atoms with Crippen molar-refractivity contribution in [3.05, 3.63) is 46.8 Å². The van der Waals surface area contributed by atoms with Crippen LogP contribution in [0, 0.1) is 0 Å². The number of fused-ring (bicyclic) bond motifs is 4. The van der Waals surface area contributed by atoms with Crippen molar-refractivity contribution in [2.24, 2.45) is 0 Å². The van der Waals surface area contributed by atoms with Crippen LogP contribution >= 0.6 is 0 Å². The Morgan fingerprint density at radius 3 is 2.86 bits per heavy atom. The smallest absolute Gasteiger partial charge is 0.226 e. The predicted molar refractivity (Wildman–Crippen MR) is 78.2 cm³/mol. The topological polar surface area (TPSA) is 49.4 Å². The molecule has 0 fully saturated rings. The number of benzene rings is 1. The van der Waals surface area contributed by atoms with E-state index in [1.54, 1.807) is 0 Å². The minimum Gasteiger partial charge on any atom is -0.365 e. The minimum absolute atomic E-state index is 0.0399. The molecule has 0 bridgehead atoms. The lowest BCUT2D eigenvalue weighted by Crippen LogP contribution is -2.36. The van der Waals surface area contributed by atoms with Crippen LogP contribution in [0.15, 0.2) is 35.7 Å². The first-order valence-corrected chi connectivity index (χ1v) is 7.64. The quantitative estimate of drug-likeness (QED) is 0.792. The summed E-state index contributed by atoms with van der Waals surface area (Å²) in [6.45, 7) is 0.892. The van der Waals surface area contributed by atoms with Crippen LogP contribution in [0.4, 0.5) is 0 Å². The molecule has 3 aliphatic rings. The molecule has 4 rings (SSSR count). The van der Waals surface area contributed by atoms with Gasteiger partial charge in [-0.05, 0) is 30.4 Å². The van der Waals surface area contributed by atoms with Gasteiger partial charge < -0.3 is 10.2 Å². The van der Waals surface area contributed by atoms with Gasteiger partial charge in [0.25, 0.3) is 0 Å². The van der Waals surface area contributed by atoms with Crippen molar-refractivity contribution >= 4 is 11.7 Å². The summed E-state index contributed by atoms with van der Waals surface area (Å²) < 4.78 is 0. The monoisotopic (exact) mass is 282 g/mol. The molecule has 1 unspecified atom stereocenters. The number of hydrogen-bond donors (Lipinski definition) is 1. The molecule has 1 aromatic rings. The van der Waals surface area contributed by atoms with Gasteiger partial charge in [-0.25, -0.2) is 0 Å². The van der Waals surface area contributed by atoms with Gasteiger partial charge in [-0.2, -0.15) is 0 Å². The van der Waals surface area contributed by atoms with E-state index >= 15 is 0 Å². The highest BCUT2D eigenvalue weighted by Crippen LogP contribution is 2.39. The standard InChI is InChI=1S/C17H18N2O2/c20-15-7-3-6-13-17(15)18-16(21)10-14-12-5-2-1-4-11(12)8-9-19(13)14/h1-2,4-5,14H,3,6-10H2,(H,18,21). The second kappa shape index (κ2) is 4.72. The molecule has 0 saturated heterocycles. The zero-order chi connectivity index (χ0) is 14.4. The van der Waals surface area contributed by atoms with Crippen LogP contribution in [0.3, 0.4) is 0 Å². The van der Waals surface area contributed by atoms with Crippen LogP contribution in [0.2, 0.25) is 0 Å². The van der Waals surface area contributed by atoms with Crippen molar-refractivity contribution < 1.29 is 9.59 Å². The van der Waals surface area contributed by atoms with E-state index in [1.807, 2.05) is 6.07 Å². The van der Waals surface area contributed by atoms with Crippen molar-refractivity contribution in [3.63, 3.8) is 0 Å². The van der Waals surface area contributed by atoms with Crippen molar-refractivity contribution in [3.8, 4) is 0 Å². The molecule has 2 heterocycles. The SMILES string of the molecule is O=C1CC2c3ccccc3CCN2C2=C(N1)C(=O)CCC2. The Labute approximate surface area is 123 Å². The van der Waals surface area contributed by atoms with Crippen LogP contribution in [0.25, 0.3) is 0 Å². The molecule has 21 heavy (non-hydrogen) atoms. The molecule has 4 heteroatoms. The van der Waals surface area contributed by atoms with Crippen molar-refractivity contribution in [1.82, 2.24) is 10.2 Å². The fraction of sp³-hybridized carbons (Fsp3) is 0.412. The Morgan fingerprint density at radius 2 is 1.95 bits per heavy atom. The molecule has 1 aliphatic carbocycles. The Bertz CT molecular complexity index is 663. The lowest BCUT2D eigenvalue weighted by atomic mass is 9.89. The van der Waals surface area contributed by atoms with E-state index in [-0.39, 0.29) is 17.7 Å². The summed E-state index contributed by atoms with van der Waals surface area (Å²) in [5.41, 5.74) is 4.19. The van der Waals surface area contributed by atoms with Gasteiger partial charge in [0.15, 0.2) is 5.78 Å².